The van der Waals surface area contributed by atoms with E-state index < -0.39 is 0 Å². The SMILES string of the molecule is c1ccc(-c2ccccc2-c2ccc3oc4c(-c5ccc(-c6nnc(-c7ccccc7)n6-c6ccccc6)cc5)cc(-c5ccccc5-c5ccccc5)cc4c3c2)cc1. The van der Waals surface area contributed by atoms with E-state index in [1.54, 1.807) is 0 Å². The van der Waals surface area contributed by atoms with Crippen LogP contribution in [0.5, 0.6) is 0 Å². The maximum atomic E-state index is 6.87. The van der Waals surface area contributed by atoms with Crippen LogP contribution in [0.2, 0.25) is 0 Å². The van der Waals surface area contributed by atoms with E-state index in [0.717, 1.165) is 78.2 Å². The Balaban J connectivity index is 1.09. The summed E-state index contributed by atoms with van der Waals surface area (Å²) in [6, 6.07) is 78.9. The van der Waals surface area contributed by atoms with Gasteiger partial charge in [-0.1, -0.05) is 188 Å². The summed E-state index contributed by atoms with van der Waals surface area (Å²) in [5.41, 5.74) is 16.1. The van der Waals surface area contributed by atoms with Crippen molar-refractivity contribution in [2.24, 2.45) is 0 Å². The van der Waals surface area contributed by atoms with Crippen LogP contribution >= 0.6 is 0 Å². The number of aromatic nitrogens is 3. The number of hydrogen-bond donors (Lipinski definition) is 0. The molecule has 9 aromatic carbocycles. The zero-order valence-corrected chi connectivity index (χ0v) is 32.6. The van der Waals surface area contributed by atoms with E-state index in [9.17, 15) is 0 Å². The van der Waals surface area contributed by atoms with Crippen molar-refractivity contribution < 1.29 is 4.42 Å². The molecule has 4 nitrogen and oxygen atoms in total. The molecule has 11 rings (SSSR count). The van der Waals surface area contributed by atoms with Crippen LogP contribution in [0.1, 0.15) is 0 Å². The topological polar surface area (TPSA) is 43.9 Å². The standard InChI is InChI=1S/C56H37N3O/c1-5-17-38(18-6-1)46-25-13-15-27-48(46)43-33-34-53-51(35-43)52-37-44(49-28-16-14-26-47(49)39-19-7-2-8-20-39)36-50(54(52)60-53)40-29-31-42(32-30-40)56-58-57-55(41-21-9-3-10-22-41)59(56)45-23-11-4-12-24-45/h1-37H. The molecule has 0 fully saturated rings. The molecule has 0 amide bonds. The number of rotatable bonds is 8. The second kappa shape index (κ2) is 15.0. The molecule has 0 saturated heterocycles. The maximum absolute atomic E-state index is 6.87. The van der Waals surface area contributed by atoms with Crippen molar-refractivity contribution in [2.75, 3.05) is 0 Å². The van der Waals surface area contributed by atoms with Crippen LogP contribution in [-0.2, 0) is 0 Å². The molecule has 0 saturated carbocycles. The third kappa shape index (κ3) is 6.28. The van der Waals surface area contributed by atoms with Gasteiger partial charge in [-0.2, -0.15) is 0 Å². The van der Waals surface area contributed by atoms with Crippen molar-refractivity contribution in [3.63, 3.8) is 0 Å². The molecule has 0 atom stereocenters. The van der Waals surface area contributed by atoms with Gasteiger partial charge in [-0.3, -0.25) is 4.57 Å². The Labute approximate surface area is 348 Å². The van der Waals surface area contributed by atoms with E-state index in [1.807, 2.05) is 36.4 Å². The molecule has 0 aliphatic carbocycles. The van der Waals surface area contributed by atoms with Gasteiger partial charge in [-0.25, -0.2) is 0 Å². The summed E-state index contributed by atoms with van der Waals surface area (Å²) in [6.45, 7) is 0. The first-order chi connectivity index (χ1) is 29.8. The predicted octanol–water partition coefficient (Wildman–Crippen LogP) is 14.8. The summed E-state index contributed by atoms with van der Waals surface area (Å²) in [5, 5.41) is 11.6. The van der Waals surface area contributed by atoms with Crippen molar-refractivity contribution in [3.8, 4) is 84.1 Å². The van der Waals surface area contributed by atoms with Crippen LogP contribution in [0.4, 0.5) is 0 Å². The number of fused-ring (bicyclic) bond motifs is 3. The van der Waals surface area contributed by atoms with E-state index in [4.69, 9.17) is 14.6 Å². The van der Waals surface area contributed by atoms with Crippen molar-refractivity contribution >= 4 is 21.9 Å². The Morgan fingerprint density at radius 1 is 0.300 bits per heavy atom. The monoisotopic (exact) mass is 767 g/mol. The Bertz CT molecular complexity index is 3280. The lowest BCUT2D eigenvalue weighted by Crippen LogP contribution is -2.00. The van der Waals surface area contributed by atoms with Gasteiger partial charge in [0.25, 0.3) is 0 Å². The molecule has 0 radical (unpaired) electrons. The molecule has 2 aromatic heterocycles. The maximum Gasteiger partial charge on any atom is 0.168 e. The highest BCUT2D eigenvalue weighted by Gasteiger charge is 2.21. The van der Waals surface area contributed by atoms with Crippen LogP contribution in [-0.4, -0.2) is 14.8 Å². The van der Waals surface area contributed by atoms with Crippen LogP contribution in [0.3, 0.4) is 0 Å². The van der Waals surface area contributed by atoms with Gasteiger partial charge in [0, 0.05) is 33.2 Å². The molecular weight excluding hydrogens is 731 g/mol. The summed E-state index contributed by atoms with van der Waals surface area (Å²) in [6.07, 6.45) is 0. The van der Waals surface area contributed by atoms with E-state index in [0.29, 0.717) is 0 Å². The van der Waals surface area contributed by atoms with Crippen LogP contribution in [0.25, 0.3) is 106 Å². The molecule has 0 spiro atoms. The van der Waals surface area contributed by atoms with Crippen LogP contribution in [0, 0.1) is 0 Å². The van der Waals surface area contributed by atoms with Crippen LogP contribution < -0.4 is 0 Å². The highest BCUT2D eigenvalue weighted by atomic mass is 16.3. The van der Waals surface area contributed by atoms with E-state index >= 15 is 0 Å². The zero-order chi connectivity index (χ0) is 39.8. The molecule has 11 aromatic rings. The quantitative estimate of drug-likeness (QED) is 0.155. The second-order valence-electron chi connectivity index (χ2n) is 15.0. The minimum absolute atomic E-state index is 0.773. The van der Waals surface area contributed by atoms with Gasteiger partial charge in [0.1, 0.15) is 11.2 Å². The van der Waals surface area contributed by atoms with E-state index in [1.165, 1.54) is 27.8 Å². The number of para-hydroxylation sites is 1. The summed E-state index contributed by atoms with van der Waals surface area (Å²) in [7, 11) is 0. The zero-order valence-electron chi connectivity index (χ0n) is 32.6. The average Bonchev–Trinajstić information content (AvgIpc) is 3.95. The van der Waals surface area contributed by atoms with Crippen molar-refractivity contribution in [2.45, 2.75) is 0 Å². The first-order valence-corrected chi connectivity index (χ1v) is 20.2. The minimum Gasteiger partial charge on any atom is -0.455 e. The smallest absolute Gasteiger partial charge is 0.168 e. The van der Waals surface area contributed by atoms with Gasteiger partial charge in [0.2, 0.25) is 0 Å². The fourth-order valence-electron chi connectivity index (χ4n) is 8.49. The first kappa shape index (κ1) is 35.1. The number of benzene rings is 9. The highest BCUT2D eigenvalue weighted by Crippen LogP contribution is 2.44. The fourth-order valence-corrected chi connectivity index (χ4v) is 8.49. The van der Waals surface area contributed by atoms with Crippen LogP contribution in [0.15, 0.2) is 229 Å². The number of furan rings is 1. The van der Waals surface area contributed by atoms with E-state index in [-0.39, 0.29) is 0 Å². The Morgan fingerprint density at radius 2 is 0.700 bits per heavy atom. The fraction of sp³-hybridized carbons (Fsp3) is 0. The average molecular weight is 768 g/mol. The highest BCUT2D eigenvalue weighted by molar-refractivity contribution is 6.13. The normalized spacial score (nSPS) is 11.3. The van der Waals surface area contributed by atoms with Gasteiger partial charge in [-0.05, 0) is 86.5 Å². The van der Waals surface area contributed by atoms with Gasteiger partial charge in [-0.15, -0.1) is 10.2 Å². The van der Waals surface area contributed by atoms with Gasteiger partial charge in [0.05, 0.1) is 0 Å². The predicted molar refractivity (Wildman–Crippen MR) is 247 cm³/mol. The molecular formula is C56H37N3O. The molecule has 4 heteroatoms. The lowest BCUT2D eigenvalue weighted by molar-refractivity contribution is 0.670. The van der Waals surface area contributed by atoms with Gasteiger partial charge in [0.15, 0.2) is 11.6 Å². The van der Waals surface area contributed by atoms with Crippen molar-refractivity contribution in [1.82, 2.24) is 14.8 Å². The molecule has 60 heavy (non-hydrogen) atoms. The lowest BCUT2D eigenvalue weighted by Gasteiger charge is -2.13. The van der Waals surface area contributed by atoms with Crippen molar-refractivity contribution in [1.29, 1.82) is 0 Å². The van der Waals surface area contributed by atoms with E-state index in [2.05, 4.69) is 193 Å². The Kier molecular flexibility index (Phi) is 8.79. The largest absolute Gasteiger partial charge is 0.455 e. The Hall–Kier alpha value is -8.08. The van der Waals surface area contributed by atoms with Gasteiger partial charge >= 0.3 is 0 Å². The molecule has 2 heterocycles. The molecule has 282 valence electrons. The third-order valence-electron chi connectivity index (χ3n) is 11.4. The molecule has 0 unspecified atom stereocenters. The van der Waals surface area contributed by atoms with Gasteiger partial charge < -0.3 is 4.42 Å². The Morgan fingerprint density at radius 3 is 1.27 bits per heavy atom. The summed E-state index contributed by atoms with van der Waals surface area (Å²) in [4.78, 5) is 0. The number of hydrogen-bond acceptors (Lipinski definition) is 3. The molecule has 0 aliphatic heterocycles. The minimum atomic E-state index is 0.773. The summed E-state index contributed by atoms with van der Waals surface area (Å²) < 4.78 is 9.00. The molecule has 0 bridgehead atoms. The number of nitrogens with zero attached hydrogens (tertiary/aromatic N) is 3. The van der Waals surface area contributed by atoms with Crippen molar-refractivity contribution in [3.05, 3.63) is 224 Å². The first-order valence-electron chi connectivity index (χ1n) is 20.2. The second-order valence-corrected chi connectivity index (χ2v) is 15.0. The summed E-state index contributed by atoms with van der Waals surface area (Å²) in [5.74, 6) is 1.56. The molecule has 0 aliphatic rings. The third-order valence-corrected chi connectivity index (χ3v) is 11.4. The lowest BCUT2D eigenvalue weighted by atomic mass is 9.90. The summed E-state index contributed by atoms with van der Waals surface area (Å²) >= 11 is 0. The molecule has 0 N–H and O–H groups in total.